The average Bonchev–Trinajstić information content (AvgIpc) is 3.16. The zero-order valence-electron chi connectivity index (χ0n) is 13.7. The number of aliphatic hydroxyl groups excluding tert-OH is 1. The van der Waals surface area contributed by atoms with Crippen LogP contribution in [0.5, 0.6) is 0 Å². The third-order valence-electron chi connectivity index (χ3n) is 4.22. The lowest BCUT2D eigenvalue weighted by molar-refractivity contribution is -0.129. The second kappa shape index (κ2) is 6.88. The van der Waals surface area contributed by atoms with Gasteiger partial charge in [-0.15, -0.1) is 0 Å². The van der Waals surface area contributed by atoms with Gasteiger partial charge in [-0.1, -0.05) is 12.1 Å². The molecule has 0 unspecified atom stereocenters. The highest BCUT2D eigenvalue weighted by Crippen LogP contribution is 2.37. The van der Waals surface area contributed by atoms with E-state index in [-0.39, 0.29) is 5.57 Å². The van der Waals surface area contributed by atoms with Gasteiger partial charge in [0.05, 0.1) is 17.9 Å². The Labute approximate surface area is 144 Å². The number of carbonyl (C=O) groups excluding carboxylic acids is 2. The minimum atomic E-state index is -0.775. The van der Waals surface area contributed by atoms with E-state index < -0.39 is 29.3 Å². The van der Waals surface area contributed by atoms with Gasteiger partial charge in [0.15, 0.2) is 11.5 Å². The molecule has 1 atom stereocenters. The molecule has 0 saturated carbocycles. The predicted molar refractivity (Wildman–Crippen MR) is 88.0 cm³/mol. The second-order valence-electron chi connectivity index (χ2n) is 5.93. The van der Waals surface area contributed by atoms with E-state index in [1.54, 1.807) is 18.6 Å². The molecule has 1 N–H and O–H groups in total. The highest BCUT2D eigenvalue weighted by molar-refractivity contribution is 6.08. The summed E-state index contributed by atoms with van der Waals surface area (Å²) in [5.74, 6) is -2.02. The summed E-state index contributed by atoms with van der Waals surface area (Å²) in [6.45, 7) is 2.25. The van der Waals surface area contributed by atoms with Crippen LogP contribution in [0.15, 0.2) is 54.3 Å². The zero-order valence-corrected chi connectivity index (χ0v) is 13.7. The maximum Gasteiger partial charge on any atom is 0.290 e. The first-order valence-corrected chi connectivity index (χ1v) is 7.95. The molecular weight excluding hydrogens is 325 g/mol. The van der Waals surface area contributed by atoms with E-state index in [0.29, 0.717) is 25.1 Å². The molecule has 25 heavy (non-hydrogen) atoms. The van der Waals surface area contributed by atoms with Crippen LogP contribution < -0.4 is 0 Å². The molecule has 0 fully saturated rings. The van der Waals surface area contributed by atoms with Crippen molar-refractivity contribution >= 4 is 11.7 Å². The molecule has 130 valence electrons. The van der Waals surface area contributed by atoms with Crippen molar-refractivity contribution in [3.05, 3.63) is 65.7 Å². The molecule has 6 nitrogen and oxygen atoms in total. The topological polar surface area (TPSA) is 75.4 Å². The van der Waals surface area contributed by atoms with Crippen molar-refractivity contribution in [2.75, 3.05) is 6.54 Å². The smallest absolute Gasteiger partial charge is 0.290 e. The number of nitrogens with zero attached hydrogens (tertiary/aromatic N) is 3. The van der Waals surface area contributed by atoms with Crippen molar-refractivity contribution in [3.8, 4) is 0 Å². The van der Waals surface area contributed by atoms with Gasteiger partial charge >= 0.3 is 0 Å². The van der Waals surface area contributed by atoms with Crippen LogP contribution in [-0.2, 0) is 16.1 Å². The molecule has 1 aliphatic heterocycles. The lowest BCUT2D eigenvalue weighted by atomic mass is 9.96. The highest BCUT2D eigenvalue weighted by Gasteiger charge is 2.42. The molecule has 1 aromatic carbocycles. The molecular formula is C18H18FN3O3. The number of aryl methyl sites for hydroxylation is 1. The van der Waals surface area contributed by atoms with Gasteiger partial charge < -0.3 is 14.6 Å². The van der Waals surface area contributed by atoms with Crippen LogP contribution in [0.4, 0.5) is 4.39 Å². The van der Waals surface area contributed by atoms with Crippen molar-refractivity contribution in [1.82, 2.24) is 14.5 Å². The van der Waals surface area contributed by atoms with Gasteiger partial charge in [-0.25, -0.2) is 9.37 Å². The first-order valence-electron chi connectivity index (χ1n) is 7.95. The van der Waals surface area contributed by atoms with Crippen LogP contribution in [0.1, 0.15) is 24.9 Å². The first-order chi connectivity index (χ1) is 12.0. The van der Waals surface area contributed by atoms with Crippen molar-refractivity contribution in [2.45, 2.75) is 25.9 Å². The van der Waals surface area contributed by atoms with Gasteiger partial charge in [0.1, 0.15) is 5.82 Å². The Kier molecular flexibility index (Phi) is 4.65. The lowest BCUT2D eigenvalue weighted by Crippen LogP contribution is -2.32. The summed E-state index contributed by atoms with van der Waals surface area (Å²) in [7, 11) is 0. The number of aromatic nitrogens is 2. The Hall–Kier alpha value is -2.96. The van der Waals surface area contributed by atoms with Crippen LogP contribution in [0, 0.1) is 5.82 Å². The molecule has 0 spiro atoms. The molecule has 2 aromatic rings. The summed E-state index contributed by atoms with van der Waals surface area (Å²) in [6, 6.07) is 4.96. The summed E-state index contributed by atoms with van der Waals surface area (Å²) in [5, 5.41) is 10.1. The summed E-state index contributed by atoms with van der Waals surface area (Å²) >= 11 is 0. The number of benzene rings is 1. The number of halogens is 1. The minimum absolute atomic E-state index is 0.0123. The van der Waals surface area contributed by atoms with Crippen LogP contribution in [0.2, 0.25) is 0 Å². The average molecular weight is 343 g/mol. The number of imidazole rings is 1. The minimum Gasteiger partial charge on any atom is -0.503 e. The van der Waals surface area contributed by atoms with Gasteiger partial charge in [0.2, 0.25) is 0 Å². The molecule has 7 heteroatoms. The number of hydrogen-bond acceptors (Lipinski definition) is 4. The summed E-state index contributed by atoms with van der Waals surface area (Å²) < 4.78 is 15.5. The monoisotopic (exact) mass is 343 g/mol. The van der Waals surface area contributed by atoms with Gasteiger partial charge in [0, 0.05) is 25.5 Å². The number of aliphatic hydroxyl groups is 1. The Bertz CT molecular complexity index is 830. The maximum atomic E-state index is 13.6. The molecule has 0 saturated heterocycles. The fourth-order valence-corrected chi connectivity index (χ4v) is 3.11. The number of Topliss-reactive ketones (excluding diaryl/α,β-unsaturated/α-hetero) is 1. The molecule has 3 rings (SSSR count). The highest BCUT2D eigenvalue weighted by atomic mass is 19.1. The largest absolute Gasteiger partial charge is 0.503 e. The summed E-state index contributed by atoms with van der Waals surface area (Å²) in [6.07, 6.45) is 5.75. The molecule has 1 aromatic heterocycles. The van der Waals surface area contributed by atoms with E-state index in [4.69, 9.17) is 0 Å². The Morgan fingerprint density at radius 2 is 2.16 bits per heavy atom. The van der Waals surface area contributed by atoms with Gasteiger partial charge in [-0.3, -0.25) is 9.59 Å². The van der Waals surface area contributed by atoms with Crippen LogP contribution in [0.3, 0.4) is 0 Å². The number of hydrogen-bond donors (Lipinski definition) is 1. The molecule has 2 heterocycles. The van der Waals surface area contributed by atoms with Crippen LogP contribution in [-0.4, -0.2) is 37.8 Å². The quantitative estimate of drug-likeness (QED) is 0.874. The van der Waals surface area contributed by atoms with E-state index in [2.05, 4.69) is 4.98 Å². The molecule has 0 bridgehead atoms. The molecule has 0 aliphatic carbocycles. The third kappa shape index (κ3) is 3.31. The first kappa shape index (κ1) is 16.9. The normalized spacial score (nSPS) is 17.4. The van der Waals surface area contributed by atoms with E-state index >= 15 is 0 Å². The van der Waals surface area contributed by atoms with Crippen molar-refractivity contribution < 1.29 is 19.1 Å². The SMILES string of the molecule is CC(=O)C1=C(O)C(=O)N(CCCn2ccnc2)[C@H]1c1cccc(F)c1. The van der Waals surface area contributed by atoms with Crippen LogP contribution in [0.25, 0.3) is 0 Å². The van der Waals surface area contributed by atoms with E-state index in [0.717, 1.165) is 0 Å². The zero-order chi connectivity index (χ0) is 18.0. The summed E-state index contributed by atoms with van der Waals surface area (Å²) in [4.78, 5) is 29.8. The van der Waals surface area contributed by atoms with Gasteiger partial charge in [0.25, 0.3) is 5.91 Å². The lowest BCUT2D eigenvalue weighted by Gasteiger charge is -2.26. The van der Waals surface area contributed by atoms with Crippen LogP contribution >= 0.6 is 0 Å². The van der Waals surface area contributed by atoms with Gasteiger partial charge in [-0.05, 0) is 31.0 Å². The van der Waals surface area contributed by atoms with E-state index in [1.165, 1.54) is 30.0 Å². The van der Waals surface area contributed by atoms with Crippen molar-refractivity contribution in [1.29, 1.82) is 0 Å². The predicted octanol–water partition coefficient (Wildman–Crippen LogP) is 2.40. The Morgan fingerprint density at radius 3 is 2.80 bits per heavy atom. The number of amides is 1. The van der Waals surface area contributed by atoms with Crippen molar-refractivity contribution in [2.24, 2.45) is 0 Å². The van der Waals surface area contributed by atoms with Gasteiger partial charge in [-0.2, -0.15) is 0 Å². The fraction of sp³-hybridized carbons (Fsp3) is 0.278. The standard InChI is InChI=1S/C18H18FN3O3/c1-12(23)15-16(13-4-2-5-14(19)10-13)22(18(25)17(15)24)8-3-7-21-9-6-20-11-21/h2,4-6,9-11,16,24H,3,7-8H2,1H3/t16-/m0/s1. The fourth-order valence-electron chi connectivity index (χ4n) is 3.11. The maximum absolute atomic E-state index is 13.6. The molecule has 1 aliphatic rings. The number of ketones is 1. The van der Waals surface area contributed by atoms with E-state index in [9.17, 15) is 19.1 Å². The van der Waals surface area contributed by atoms with E-state index in [1.807, 2.05) is 10.8 Å². The third-order valence-corrected chi connectivity index (χ3v) is 4.22. The Balaban J connectivity index is 1.87. The molecule has 0 radical (unpaired) electrons. The number of rotatable bonds is 6. The number of carbonyl (C=O) groups is 2. The Morgan fingerprint density at radius 1 is 1.36 bits per heavy atom. The summed E-state index contributed by atoms with van der Waals surface area (Å²) in [5.41, 5.74) is 0.475. The second-order valence-corrected chi connectivity index (χ2v) is 5.93. The van der Waals surface area contributed by atoms with Crippen molar-refractivity contribution in [3.63, 3.8) is 0 Å². The molecule has 1 amide bonds.